The van der Waals surface area contributed by atoms with Crippen molar-refractivity contribution in [2.75, 3.05) is 19.6 Å². The van der Waals surface area contributed by atoms with Crippen molar-refractivity contribution in [3.05, 3.63) is 47.7 Å². The van der Waals surface area contributed by atoms with Gasteiger partial charge >= 0.3 is 5.97 Å². The van der Waals surface area contributed by atoms with Gasteiger partial charge in [0.05, 0.1) is 6.04 Å². The Labute approximate surface area is 146 Å². The number of nitrogens with zero attached hydrogens (tertiary/aromatic N) is 2. The predicted molar refractivity (Wildman–Crippen MR) is 93.0 cm³/mol. The molecule has 1 aliphatic heterocycles. The van der Waals surface area contributed by atoms with E-state index in [9.17, 15) is 9.59 Å². The molecule has 1 aromatic carbocycles. The Morgan fingerprint density at radius 1 is 1.20 bits per heavy atom. The predicted octanol–water partition coefficient (Wildman–Crippen LogP) is 2.37. The summed E-state index contributed by atoms with van der Waals surface area (Å²) < 4.78 is 5.63. The van der Waals surface area contributed by atoms with Crippen LogP contribution in [-0.4, -0.2) is 52.5 Å². The molecule has 0 radical (unpaired) electrons. The quantitative estimate of drug-likeness (QED) is 0.903. The van der Waals surface area contributed by atoms with Gasteiger partial charge in [-0.1, -0.05) is 24.3 Å². The van der Waals surface area contributed by atoms with Gasteiger partial charge in [0, 0.05) is 25.2 Å². The molecule has 1 amide bonds. The summed E-state index contributed by atoms with van der Waals surface area (Å²) in [4.78, 5) is 26.6. The summed E-state index contributed by atoms with van der Waals surface area (Å²) in [5.74, 6) is 0.620. The van der Waals surface area contributed by atoms with E-state index in [2.05, 4.69) is 4.90 Å². The number of carboxylic acid groups (broad SMARTS) is 1. The van der Waals surface area contributed by atoms with Crippen LogP contribution in [-0.2, 0) is 16.1 Å². The van der Waals surface area contributed by atoms with Crippen LogP contribution in [0, 0.1) is 6.92 Å². The molecule has 6 heteroatoms. The van der Waals surface area contributed by atoms with E-state index < -0.39 is 5.97 Å². The van der Waals surface area contributed by atoms with Crippen molar-refractivity contribution < 1.29 is 19.1 Å². The first-order valence-corrected chi connectivity index (χ1v) is 8.34. The second kappa shape index (κ2) is 7.11. The molecule has 1 aliphatic rings. The van der Waals surface area contributed by atoms with Crippen LogP contribution < -0.4 is 0 Å². The Kier molecular flexibility index (Phi) is 4.90. The fourth-order valence-electron chi connectivity index (χ4n) is 3.11. The third kappa shape index (κ3) is 3.91. The maximum Gasteiger partial charge on any atom is 0.323 e. The maximum absolute atomic E-state index is 12.3. The number of furan rings is 1. The Balaban J connectivity index is 1.64. The van der Waals surface area contributed by atoms with E-state index in [-0.39, 0.29) is 18.5 Å². The molecule has 6 nitrogen and oxygen atoms in total. The number of carboxylic acids is 1. The van der Waals surface area contributed by atoms with Crippen molar-refractivity contribution in [2.45, 2.75) is 26.4 Å². The monoisotopic (exact) mass is 342 g/mol. The maximum atomic E-state index is 12.3. The molecule has 1 N–H and O–H groups in total. The highest BCUT2D eigenvalue weighted by Crippen LogP contribution is 2.23. The number of benzene rings is 1. The fourth-order valence-corrected chi connectivity index (χ4v) is 3.11. The van der Waals surface area contributed by atoms with Gasteiger partial charge < -0.3 is 14.4 Å². The van der Waals surface area contributed by atoms with E-state index in [0.29, 0.717) is 19.6 Å². The number of amides is 1. The van der Waals surface area contributed by atoms with Crippen LogP contribution in [0.4, 0.5) is 0 Å². The first-order valence-electron chi connectivity index (χ1n) is 8.34. The molecule has 1 saturated heterocycles. The molecule has 0 spiro atoms. The summed E-state index contributed by atoms with van der Waals surface area (Å²) in [6, 6.07) is 11.7. The van der Waals surface area contributed by atoms with E-state index in [1.54, 1.807) is 0 Å². The number of aliphatic carboxylic acids is 1. The van der Waals surface area contributed by atoms with E-state index in [1.807, 2.05) is 50.2 Å². The van der Waals surface area contributed by atoms with Crippen LogP contribution in [0.15, 0.2) is 40.8 Å². The Morgan fingerprint density at radius 3 is 2.52 bits per heavy atom. The van der Waals surface area contributed by atoms with Gasteiger partial charge in [0.1, 0.15) is 18.1 Å². The first-order chi connectivity index (χ1) is 11.9. The highest BCUT2D eigenvalue weighted by Gasteiger charge is 2.32. The lowest BCUT2D eigenvalue weighted by atomic mass is 10.1. The minimum atomic E-state index is -0.974. The number of carbonyl (C=O) groups is 2. The van der Waals surface area contributed by atoms with Gasteiger partial charge in [-0.3, -0.25) is 14.5 Å². The van der Waals surface area contributed by atoms with Gasteiger partial charge in [-0.25, -0.2) is 0 Å². The summed E-state index contributed by atoms with van der Waals surface area (Å²) in [5, 5.41) is 8.88. The zero-order valence-corrected chi connectivity index (χ0v) is 14.4. The van der Waals surface area contributed by atoms with Crippen LogP contribution in [0.5, 0.6) is 0 Å². The largest absolute Gasteiger partial charge is 0.480 e. The van der Waals surface area contributed by atoms with Gasteiger partial charge in [-0.05, 0) is 31.5 Å². The van der Waals surface area contributed by atoms with E-state index >= 15 is 0 Å². The molecule has 1 unspecified atom stereocenters. The molecule has 0 bridgehead atoms. The Bertz CT molecular complexity index is 766. The molecule has 0 saturated carbocycles. The molecule has 1 atom stereocenters. The highest BCUT2D eigenvalue weighted by atomic mass is 16.4. The van der Waals surface area contributed by atoms with Crippen molar-refractivity contribution in [3.63, 3.8) is 0 Å². The molecule has 2 heterocycles. The molecule has 0 aliphatic carbocycles. The Morgan fingerprint density at radius 2 is 1.92 bits per heavy atom. The SMILES string of the molecule is Cc1ccc(-c2ccc(CN3CCN(CC(=O)O)C(=O)C3C)cc2)o1. The molecule has 2 aromatic rings. The smallest absolute Gasteiger partial charge is 0.323 e. The number of carbonyl (C=O) groups excluding carboxylic acids is 1. The summed E-state index contributed by atoms with van der Waals surface area (Å²) in [6.07, 6.45) is 0. The topological polar surface area (TPSA) is 74.0 Å². The van der Waals surface area contributed by atoms with Gasteiger partial charge in [-0.2, -0.15) is 0 Å². The minimum Gasteiger partial charge on any atom is -0.480 e. The van der Waals surface area contributed by atoms with Crippen molar-refractivity contribution in [3.8, 4) is 11.3 Å². The summed E-state index contributed by atoms with van der Waals surface area (Å²) in [5.41, 5.74) is 2.13. The molecular weight excluding hydrogens is 320 g/mol. The van der Waals surface area contributed by atoms with Crippen LogP contribution >= 0.6 is 0 Å². The number of aryl methyl sites for hydroxylation is 1. The minimum absolute atomic E-state index is 0.128. The normalized spacial score (nSPS) is 18.6. The van der Waals surface area contributed by atoms with Crippen molar-refractivity contribution in [1.29, 1.82) is 0 Å². The average molecular weight is 342 g/mol. The lowest BCUT2D eigenvalue weighted by Gasteiger charge is -2.38. The number of hydrogen-bond acceptors (Lipinski definition) is 4. The van der Waals surface area contributed by atoms with Crippen LogP contribution in [0.1, 0.15) is 18.2 Å². The highest BCUT2D eigenvalue weighted by molar-refractivity contribution is 5.85. The molecule has 1 aromatic heterocycles. The van der Waals surface area contributed by atoms with Crippen LogP contribution in [0.3, 0.4) is 0 Å². The van der Waals surface area contributed by atoms with Crippen LogP contribution in [0.2, 0.25) is 0 Å². The second-order valence-corrected chi connectivity index (χ2v) is 6.41. The summed E-state index contributed by atoms with van der Waals surface area (Å²) >= 11 is 0. The van der Waals surface area contributed by atoms with E-state index in [4.69, 9.17) is 9.52 Å². The second-order valence-electron chi connectivity index (χ2n) is 6.41. The number of rotatable bonds is 5. The van der Waals surface area contributed by atoms with E-state index in [0.717, 1.165) is 22.6 Å². The average Bonchev–Trinajstić information content (AvgIpc) is 3.01. The molecule has 25 heavy (non-hydrogen) atoms. The van der Waals surface area contributed by atoms with Crippen molar-refractivity contribution in [2.24, 2.45) is 0 Å². The molecule has 1 fully saturated rings. The third-order valence-electron chi connectivity index (χ3n) is 4.56. The lowest BCUT2D eigenvalue weighted by molar-refractivity contribution is -0.150. The molecule has 3 rings (SSSR count). The van der Waals surface area contributed by atoms with Gasteiger partial charge in [0.15, 0.2) is 0 Å². The zero-order chi connectivity index (χ0) is 18.0. The van der Waals surface area contributed by atoms with Gasteiger partial charge in [0.2, 0.25) is 5.91 Å². The molecule has 132 valence electrons. The lowest BCUT2D eigenvalue weighted by Crippen LogP contribution is -2.56. The Hall–Kier alpha value is -2.60. The number of hydrogen-bond donors (Lipinski definition) is 1. The van der Waals surface area contributed by atoms with Gasteiger partial charge in [0.25, 0.3) is 0 Å². The summed E-state index contributed by atoms with van der Waals surface area (Å²) in [7, 11) is 0. The molecular formula is C19H22N2O4. The summed E-state index contributed by atoms with van der Waals surface area (Å²) in [6.45, 7) is 5.29. The van der Waals surface area contributed by atoms with Crippen molar-refractivity contribution in [1.82, 2.24) is 9.80 Å². The third-order valence-corrected chi connectivity index (χ3v) is 4.56. The van der Waals surface area contributed by atoms with Crippen molar-refractivity contribution >= 4 is 11.9 Å². The number of piperazine rings is 1. The van der Waals surface area contributed by atoms with E-state index in [1.165, 1.54) is 4.90 Å². The standard InChI is InChI=1S/C19H22N2O4/c1-13-3-8-17(25-13)16-6-4-15(5-7-16)11-20-9-10-21(12-18(22)23)19(24)14(20)2/h3-8,14H,9-12H2,1-2H3,(H,22,23). The zero-order valence-electron chi connectivity index (χ0n) is 14.4. The van der Waals surface area contributed by atoms with Crippen LogP contribution in [0.25, 0.3) is 11.3 Å². The van der Waals surface area contributed by atoms with Gasteiger partial charge in [-0.15, -0.1) is 0 Å². The fraction of sp³-hybridized carbons (Fsp3) is 0.368. The first kappa shape index (κ1) is 17.2.